The number of ketones is 1. The summed E-state index contributed by atoms with van der Waals surface area (Å²) in [5, 5.41) is 39.9. The summed E-state index contributed by atoms with van der Waals surface area (Å²) in [7, 11) is 1.31. The number of benzene rings is 5. The van der Waals surface area contributed by atoms with E-state index in [2.05, 4.69) is 5.32 Å². The molecule has 2 heterocycles. The van der Waals surface area contributed by atoms with Gasteiger partial charge in [0.2, 0.25) is 6.10 Å². The zero-order valence-electron chi connectivity index (χ0n) is 53.7. The number of carboxylic acid groups (broad SMARTS) is 1. The third kappa shape index (κ3) is 14.1. The lowest BCUT2D eigenvalue weighted by Gasteiger charge is -2.67. The van der Waals surface area contributed by atoms with Crippen LogP contribution in [0, 0.1) is 16.7 Å². The van der Waals surface area contributed by atoms with Crippen molar-refractivity contribution in [3.63, 3.8) is 0 Å². The lowest BCUT2D eigenvalue weighted by molar-refractivity contribution is -0.346. The Morgan fingerprint density at radius 2 is 1.27 bits per heavy atom. The molecular formula is C72H79NO22. The molecule has 2 saturated carbocycles. The molecule has 10 rings (SSSR count). The fourth-order valence-corrected chi connectivity index (χ4v) is 14.2. The molecule has 4 fully saturated rings. The van der Waals surface area contributed by atoms with Crippen LogP contribution in [0.3, 0.4) is 0 Å². The number of rotatable bonds is 24. The van der Waals surface area contributed by atoms with Crippen molar-refractivity contribution in [3.8, 4) is 0 Å². The average Bonchev–Trinajstić information content (AvgIpc) is 0.670. The van der Waals surface area contributed by atoms with E-state index in [9.17, 15) is 44.1 Å². The van der Waals surface area contributed by atoms with Gasteiger partial charge >= 0.3 is 35.8 Å². The van der Waals surface area contributed by atoms with Gasteiger partial charge in [0.1, 0.15) is 48.3 Å². The van der Waals surface area contributed by atoms with Crippen molar-refractivity contribution < 1.29 is 106 Å². The highest BCUT2D eigenvalue weighted by Gasteiger charge is 2.78. The maximum absolute atomic E-state index is 16.0. The van der Waals surface area contributed by atoms with Crippen molar-refractivity contribution >= 4 is 47.5 Å². The van der Waals surface area contributed by atoms with Gasteiger partial charge in [0.15, 0.2) is 29.9 Å². The van der Waals surface area contributed by atoms with Crippen molar-refractivity contribution in [1.82, 2.24) is 5.32 Å². The predicted octanol–water partition coefficient (Wildman–Crippen LogP) is 7.08. The van der Waals surface area contributed by atoms with Crippen molar-refractivity contribution in [2.24, 2.45) is 16.7 Å². The number of amides is 1. The number of fused-ring (bicyclic) bond motifs is 5. The first-order valence-corrected chi connectivity index (χ1v) is 31.5. The Bertz CT molecular complexity index is 3610. The zero-order chi connectivity index (χ0) is 68.0. The molecule has 23 heteroatoms. The highest BCUT2D eigenvalue weighted by Crippen LogP contribution is 2.64. The largest absolute Gasteiger partial charge is 0.479 e. The summed E-state index contributed by atoms with van der Waals surface area (Å²) in [4.78, 5) is 115. The van der Waals surface area contributed by atoms with Gasteiger partial charge in [0.25, 0.3) is 5.91 Å². The number of Topliss-reactive ketones (excluding diaryl/α,β-unsaturated/α-hetero) is 1. The van der Waals surface area contributed by atoms with Gasteiger partial charge < -0.3 is 72.7 Å². The van der Waals surface area contributed by atoms with E-state index in [1.807, 2.05) is 60.7 Å². The molecular weight excluding hydrogens is 1230 g/mol. The molecule has 2 aliphatic heterocycles. The van der Waals surface area contributed by atoms with Crippen LogP contribution in [0.5, 0.6) is 0 Å². The number of carboxylic acids is 1. The quantitative estimate of drug-likeness (QED) is 0.0207. The van der Waals surface area contributed by atoms with Crippen LogP contribution < -0.4 is 5.32 Å². The second-order valence-corrected chi connectivity index (χ2v) is 25.3. The predicted molar refractivity (Wildman–Crippen MR) is 334 cm³/mol. The summed E-state index contributed by atoms with van der Waals surface area (Å²) in [5.41, 5.74) is -6.44. The van der Waals surface area contributed by atoms with Gasteiger partial charge in [-0.3, -0.25) is 24.0 Å². The monoisotopic (exact) mass is 1310 g/mol. The summed E-state index contributed by atoms with van der Waals surface area (Å²) < 4.78 is 68.3. The molecule has 0 unspecified atom stereocenters. The van der Waals surface area contributed by atoms with Gasteiger partial charge in [-0.1, -0.05) is 141 Å². The molecule has 504 valence electrons. The Hall–Kier alpha value is -8.52. The number of carbonyl (C=O) groups excluding carboxylic acids is 7. The summed E-state index contributed by atoms with van der Waals surface area (Å²) in [5.74, 6) is -9.69. The molecule has 23 nitrogen and oxygen atoms in total. The van der Waals surface area contributed by atoms with Crippen molar-refractivity contribution in [1.29, 1.82) is 0 Å². The van der Waals surface area contributed by atoms with E-state index in [0.29, 0.717) is 0 Å². The first-order chi connectivity index (χ1) is 45.4. The fourth-order valence-electron chi connectivity index (χ4n) is 14.2. The molecule has 5 aromatic carbocycles. The molecule has 16 atom stereocenters. The van der Waals surface area contributed by atoms with Crippen LogP contribution in [0.2, 0.25) is 0 Å². The number of hydrogen-bond donors (Lipinski definition) is 4. The molecule has 4 N–H and O–H groups in total. The second kappa shape index (κ2) is 29.2. The molecule has 2 saturated heterocycles. The van der Waals surface area contributed by atoms with Crippen LogP contribution >= 0.6 is 0 Å². The highest BCUT2D eigenvalue weighted by molar-refractivity contribution is 5.96. The van der Waals surface area contributed by atoms with Crippen molar-refractivity contribution in [2.75, 3.05) is 20.3 Å². The second-order valence-electron chi connectivity index (χ2n) is 25.3. The number of hydrogen-bond acceptors (Lipinski definition) is 21. The van der Waals surface area contributed by atoms with E-state index >= 15 is 9.59 Å². The normalized spacial score (nSPS) is 29.6. The molecule has 2 bridgehead atoms. The zero-order valence-corrected chi connectivity index (χ0v) is 53.7. The molecule has 5 aliphatic rings. The van der Waals surface area contributed by atoms with Crippen LogP contribution in [0.25, 0.3) is 0 Å². The number of aliphatic hydroxyl groups excluding tert-OH is 1. The summed E-state index contributed by atoms with van der Waals surface area (Å²) in [6.07, 6.45) is -18.3. The van der Waals surface area contributed by atoms with Gasteiger partial charge in [0, 0.05) is 57.8 Å². The number of methoxy groups -OCH3 is 1. The van der Waals surface area contributed by atoms with Gasteiger partial charge in [-0.25, -0.2) is 14.4 Å². The topological polar surface area (TPSA) is 311 Å². The Kier molecular flexibility index (Phi) is 21.3. The molecule has 0 spiro atoms. The molecule has 3 aliphatic carbocycles. The maximum Gasteiger partial charge on any atom is 0.350 e. The minimum atomic E-state index is -2.54. The molecule has 1 amide bonds. The third-order valence-corrected chi connectivity index (χ3v) is 19.1. The van der Waals surface area contributed by atoms with E-state index in [-0.39, 0.29) is 67.1 Å². The van der Waals surface area contributed by atoms with Crippen LogP contribution in [0.15, 0.2) is 163 Å². The van der Waals surface area contributed by atoms with Gasteiger partial charge in [0.05, 0.1) is 42.8 Å². The van der Waals surface area contributed by atoms with Crippen LogP contribution in [-0.4, -0.2) is 162 Å². The number of ether oxygens (including phenoxy) is 11. The number of aliphatic carboxylic acids is 1. The lowest BCUT2D eigenvalue weighted by atomic mass is 9.44. The van der Waals surface area contributed by atoms with E-state index < -0.39 is 162 Å². The fraction of sp³-hybridized carbons (Fsp3) is 0.444. The minimum absolute atomic E-state index is 0.00495. The standard InChI is InChI=1S/C72H79NO22/c1-41-49(37-72(84)63(94-66(82)48-32-21-12-22-33-48)61-70(6,50(76)36-51-71(61,40-89-51)95-43(3)75)62(78)55(90-42(2)74)53(41)69(72,4)5)91-67(83)56(54(46-28-17-10-18-29-46)73-64(79)47-30-19-11-20-31-47)92-52(77)34-23-35-86-60-58(88-39-45-26-15-9-16-27-45)57(59(65(80)81)93-68(60)85-7)87-38-44-24-13-8-14-25-44/h8-22,24-33,49-51,54-61,63,68,76,84H,23,34-40H2,1-7H3,(H,73,79)(H,80,81)/t49-,50-,51+,54-,55+,56+,57-,58-,59-,60+,61-,63-,68-,70+,71-,72+/m0/s1. The molecule has 0 radical (unpaired) electrons. The lowest BCUT2D eigenvalue weighted by Crippen LogP contribution is -2.82. The van der Waals surface area contributed by atoms with E-state index in [1.54, 1.807) is 66.7 Å². The molecule has 0 aromatic heterocycles. The average molecular weight is 1310 g/mol. The molecule has 95 heavy (non-hydrogen) atoms. The summed E-state index contributed by atoms with van der Waals surface area (Å²) in [6, 6.07) is 40.6. The van der Waals surface area contributed by atoms with Gasteiger partial charge in [-0.2, -0.15) is 0 Å². The maximum atomic E-state index is 16.0. The molecule has 5 aromatic rings. The minimum Gasteiger partial charge on any atom is -0.479 e. The van der Waals surface area contributed by atoms with Crippen molar-refractivity contribution in [3.05, 3.63) is 191 Å². The van der Waals surface area contributed by atoms with Gasteiger partial charge in [-0.05, 0) is 72.4 Å². The first kappa shape index (κ1) is 69.3. The first-order valence-electron chi connectivity index (χ1n) is 31.5. The van der Waals surface area contributed by atoms with E-state index in [0.717, 1.165) is 25.0 Å². The van der Waals surface area contributed by atoms with Crippen LogP contribution in [0.4, 0.5) is 0 Å². The Morgan fingerprint density at radius 3 is 1.82 bits per heavy atom. The number of aliphatic hydroxyl groups is 2. The SMILES string of the molecule is CO[C@H]1O[C@H](C(=O)O)[C@@H](OCc2ccccc2)[C@H](OCc2ccccc2)[C@H]1OCCCC(=O)O[C@@H](C(=O)O[C@H]1C[C@@]2(O)[C@@H](OC(=O)c3ccccc3)[C@@H]3[C@]4(OC(C)=O)CO[C@@H]4C[C@H](O)[C@@]3(C)C(=O)[C@H](OC(C)=O)C(=C1C)C2(C)C)[C@@H](NC(=O)c1ccccc1)c1ccccc1. The highest BCUT2D eigenvalue weighted by atomic mass is 16.7. The van der Waals surface area contributed by atoms with E-state index in [1.165, 1.54) is 59.1 Å². The summed E-state index contributed by atoms with van der Waals surface area (Å²) >= 11 is 0. The Labute approximate surface area is 549 Å². The van der Waals surface area contributed by atoms with Crippen molar-refractivity contribution in [2.45, 2.75) is 165 Å². The summed E-state index contributed by atoms with van der Waals surface area (Å²) in [6.45, 7) is 7.50. The number of carbonyl (C=O) groups is 8. The Morgan fingerprint density at radius 1 is 0.705 bits per heavy atom. The number of esters is 5. The van der Waals surface area contributed by atoms with E-state index in [4.69, 9.17) is 52.1 Å². The number of nitrogens with one attached hydrogen (secondary N) is 1. The van der Waals surface area contributed by atoms with Gasteiger partial charge in [-0.15, -0.1) is 0 Å². The Balaban J connectivity index is 1.01. The van der Waals surface area contributed by atoms with Crippen LogP contribution in [0.1, 0.15) is 111 Å². The smallest absolute Gasteiger partial charge is 0.350 e. The van der Waals surface area contributed by atoms with Crippen LogP contribution in [-0.2, 0) is 94.1 Å². The third-order valence-electron chi connectivity index (χ3n) is 19.1.